The van der Waals surface area contributed by atoms with Gasteiger partial charge in [0.05, 0.1) is 18.9 Å². The van der Waals surface area contributed by atoms with Gasteiger partial charge < -0.3 is 15.4 Å². The molecule has 0 unspecified atom stereocenters. The molecule has 0 saturated heterocycles. The fourth-order valence-electron chi connectivity index (χ4n) is 3.43. The molecule has 6 nitrogen and oxygen atoms in total. The van der Waals surface area contributed by atoms with Gasteiger partial charge in [0.1, 0.15) is 0 Å². The first-order chi connectivity index (χ1) is 15.1. The van der Waals surface area contributed by atoms with Gasteiger partial charge >= 0.3 is 0 Å². The molecule has 0 bridgehead atoms. The van der Waals surface area contributed by atoms with Crippen LogP contribution in [0.2, 0.25) is 0 Å². The van der Waals surface area contributed by atoms with Gasteiger partial charge in [-0.3, -0.25) is 9.67 Å². The number of guanidine groups is 1. The molecular weight excluding hydrogens is 386 g/mol. The van der Waals surface area contributed by atoms with Crippen LogP contribution in [0, 0.1) is 13.8 Å². The lowest BCUT2D eigenvalue weighted by Gasteiger charge is -2.13. The van der Waals surface area contributed by atoms with Crippen molar-refractivity contribution >= 4 is 5.96 Å². The fourth-order valence-corrected chi connectivity index (χ4v) is 3.43. The molecule has 0 fully saturated rings. The largest absolute Gasteiger partial charge is 0.372 e. The third kappa shape index (κ3) is 7.57. The summed E-state index contributed by atoms with van der Waals surface area (Å²) in [5, 5.41) is 11.3. The van der Waals surface area contributed by atoms with Crippen molar-refractivity contribution in [2.75, 3.05) is 13.6 Å². The van der Waals surface area contributed by atoms with Crippen molar-refractivity contribution in [3.8, 4) is 0 Å². The Morgan fingerprint density at radius 3 is 2.42 bits per heavy atom. The van der Waals surface area contributed by atoms with Gasteiger partial charge in [-0.1, -0.05) is 54.6 Å². The van der Waals surface area contributed by atoms with Crippen LogP contribution < -0.4 is 10.6 Å². The van der Waals surface area contributed by atoms with E-state index in [1.165, 1.54) is 22.4 Å². The second-order valence-corrected chi connectivity index (χ2v) is 7.65. The smallest absolute Gasteiger partial charge is 0.191 e. The number of rotatable bonds is 10. The lowest BCUT2D eigenvalue weighted by atomic mass is 10.1. The summed E-state index contributed by atoms with van der Waals surface area (Å²) in [7, 11) is 1.80. The Morgan fingerprint density at radius 1 is 0.935 bits per heavy atom. The van der Waals surface area contributed by atoms with E-state index in [0.717, 1.165) is 31.2 Å². The number of hydrogen-bond acceptors (Lipinski definition) is 3. The summed E-state index contributed by atoms with van der Waals surface area (Å²) in [6.45, 7) is 7.79. The van der Waals surface area contributed by atoms with E-state index in [-0.39, 0.29) is 0 Å². The molecule has 2 aromatic carbocycles. The number of hydrogen-bond donors (Lipinski definition) is 2. The number of aliphatic imine (C=N–C) groups is 1. The highest BCUT2D eigenvalue weighted by Gasteiger charge is 2.03. The van der Waals surface area contributed by atoms with Gasteiger partial charge in [0.25, 0.3) is 0 Å². The summed E-state index contributed by atoms with van der Waals surface area (Å²) in [4.78, 5) is 4.32. The minimum atomic E-state index is 0.599. The van der Waals surface area contributed by atoms with Crippen molar-refractivity contribution in [3.63, 3.8) is 0 Å². The molecular formula is C25H33N5O. The predicted molar refractivity (Wildman–Crippen MR) is 126 cm³/mol. The van der Waals surface area contributed by atoms with Crippen LogP contribution in [0.3, 0.4) is 0 Å². The fraction of sp³-hybridized carbons (Fsp3) is 0.360. The quantitative estimate of drug-likeness (QED) is 0.296. The highest BCUT2D eigenvalue weighted by Crippen LogP contribution is 2.09. The second-order valence-electron chi connectivity index (χ2n) is 7.65. The summed E-state index contributed by atoms with van der Waals surface area (Å²) in [6.07, 6.45) is 0.983. The molecule has 1 heterocycles. The molecule has 31 heavy (non-hydrogen) atoms. The molecule has 3 aromatic rings. The lowest BCUT2D eigenvalue weighted by Crippen LogP contribution is -2.37. The summed E-state index contributed by atoms with van der Waals surface area (Å²) < 4.78 is 7.91. The van der Waals surface area contributed by atoms with Crippen LogP contribution in [0.4, 0.5) is 0 Å². The molecule has 6 heteroatoms. The van der Waals surface area contributed by atoms with Crippen molar-refractivity contribution < 1.29 is 4.74 Å². The molecule has 0 aliphatic rings. The van der Waals surface area contributed by atoms with Gasteiger partial charge in [-0.25, -0.2) is 0 Å². The van der Waals surface area contributed by atoms with Crippen molar-refractivity contribution in [1.29, 1.82) is 0 Å². The molecule has 0 spiro atoms. The third-order valence-corrected chi connectivity index (χ3v) is 5.00. The SMILES string of the molecule is CN=C(NCCCn1nc(C)cc1C)NCc1cccc(COCc2ccccc2)c1. The first kappa shape index (κ1) is 22.6. The van der Waals surface area contributed by atoms with E-state index >= 15 is 0 Å². The van der Waals surface area contributed by atoms with E-state index in [1.807, 2.05) is 25.1 Å². The molecule has 2 N–H and O–H groups in total. The first-order valence-electron chi connectivity index (χ1n) is 10.8. The van der Waals surface area contributed by atoms with E-state index < -0.39 is 0 Å². The van der Waals surface area contributed by atoms with Crippen LogP contribution >= 0.6 is 0 Å². The van der Waals surface area contributed by atoms with E-state index in [2.05, 4.69) is 74.8 Å². The van der Waals surface area contributed by atoms with Gasteiger partial charge in [-0.05, 0) is 43.0 Å². The Balaban J connectivity index is 1.38. The van der Waals surface area contributed by atoms with Gasteiger partial charge in [0.15, 0.2) is 5.96 Å². The zero-order valence-electron chi connectivity index (χ0n) is 18.8. The topological polar surface area (TPSA) is 63.5 Å². The molecule has 0 amide bonds. The maximum Gasteiger partial charge on any atom is 0.191 e. The number of nitrogens with one attached hydrogen (secondary N) is 2. The van der Waals surface area contributed by atoms with Gasteiger partial charge in [-0.2, -0.15) is 5.10 Å². The van der Waals surface area contributed by atoms with Crippen molar-refractivity contribution in [2.24, 2.45) is 4.99 Å². The first-order valence-corrected chi connectivity index (χ1v) is 10.8. The number of aryl methyl sites for hydroxylation is 3. The summed E-state index contributed by atoms with van der Waals surface area (Å²) in [5.41, 5.74) is 5.82. The Morgan fingerprint density at radius 2 is 1.68 bits per heavy atom. The van der Waals surface area contributed by atoms with Gasteiger partial charge in [0, 0.05) is 32.4 Å². The Kier molecular flexibility index (Phi) is 8.67. The van der Waals surface area contributed by atoms with Crippen molar-refractivity contribution in [2.45, 2.75) is 46.6 Å². The number of nitrogens with zero attached hydrogens (tertiary/aromatic N) is 3. The average molecular weight is 420 g/mol. The molecule has 0 aliphatic carbocycles. The van der Waals surface area contributed by atoms with Crippen LogP contribution in [0.5, 0.6) is 0 Å². The highest BCUT2D eigenvalue weighted by atomic mass is 16.5. The van der Waals surface area contributed by atoms with Gasteiger partial charge in [-0.15, -0.1) is 0 Å². The molecule has 1 aromatic heterocycles. The van der Waals surface area contributed by atoms with Crippen LogP contribution in [-0.2, 0) is 31.0 Å². The van der Waals surface area contributed by atoms with Crippen LogP contribution in [0.25, 0.3) is 0 Å². The maximum atomic E-state index is 5.86. The van der Waals surface area contributed by atoms with Crippen LogP contribution in [-0.4, -0.2) is 29.3 Å². The molecule has 0 aliphatic heterocycles. The zero-order valence-corrected chi connectivity index (χ0v) is 18.8. The predicted octanol–water partition coefficient (Wildman–Crippen LogP) is 3.97. The second kappa shape index (κ2) is 11.9. The normalized spacial score (nSPS) is 11.5. The summed E-state index contributed by atoms with van der Waals surface area (Å²) >= 11 is 0. The molecule has 0 saturated carbocycles. The van der Waals surface area contributed by atoms with Gasteiger partial charge in [0.2, 0.25) is 0 Å². The number of aromatic nitrogens is 2. The zero-order chi connectivity index (χ0) is 21.9. The summed E-state index contributed by atoms with van der Waals surface area (Å²) in [6, 6.07) is 20.8. The standard InChI is InChI=1S/C25H33N5O/c1-20-15-21(2)30(29-20)14-8-13-27-25(26-3)28-17-23-11-7-12-24(16-23)19-31-18-22-9-5-4-6-10-22/h4-7,9-12,15-16H,8,13-14,17-19H2,1-3H3,(H2,26,27,28). The molecule has 0 radical (unpaired) electrons. The minimum Gasteiger partial charge on any atom is -0.372 e. The summed E-state index contributed by atoms with van der Waals surface area (Å²) in [5.74, 6) is 0.805. The van der Waals surface area contributed by atoms with Crippen molar-refractivity contribution in [1.82, 2.24) is 20.4 Å². The minimum absolute atomic E-state index is 0.599. The molecule has 3 rings (SSSR count). The maximum absolute atomic E-state index is 5.86. The van der Waals surface area contributed by atoms with Crippen molar-refractivity contribution in [3.05, 3.63) is 88.7 Å². The number of ether oxygens (including phenoxy) is 1. The van der Waals surface area contributed by atoms with E-state index in [4.69, 9.17) is 4.74 Å². The van der Waals surface area contributed by atoms with E-state index in [0.29, 0.717) is 19.8 Å². The Hall–Kier alpha value is -3.12. The van der Waals surface area contributed by atoms with E-state index in [1.54, 1.807) is 7.05 Å². The Bertz CT molecular complexity index is 965. The number of benzene rings is 2. The van der Waals surface area contributed by atoms with Crippen LogP contribution in [0.15, 0.2) is 65.7 Å². The monoisotopic (exact) mass is 419 g/mol. The third-order valence-electron chi connectivity index (χ3n) is 5.00. The molecule has 0 atom stereocenters. The lowest BCUT2D eigenvalue weighted by molar-refractivity contribution is 0.107. The van der Waals surface area contributed by atoms with E-state index in [9.17, 15) is 0 Å². The average Bonchev–Trinajstić information content (AvgIpc) is 3.11. The Labute approximate surface area is 185 Å². The highest BCUT2D eigenvalue weighted by molar-refractivity contribution is 5.79. The van der Waals surface area contributed by atoms with Crippen LogP contribution in [0.1, 0.15) is 34.5 Å². The molecule has 164 valence electrons.